The fourth-order valence-electron chi connectivity index (χ4n) is 5.59. The van der Waals surface area contributed by atoms with Crippen molar-refractivity contribution in [2.24, 2.45) is 0 Å². The van der Waals surface area contributed by atoms with E-state index in [4.69, 9.17) is 35.4 Å². The molecule has 7 rings (SSSR count). The Kier molecular flexibility index (Phi) is 10.4. The van der Waals surface area contributed by atoms with Gasteiger partial charge in [-0.1, -0.05) is 84.9 Å². The lowest BCUT2D eigenvalue weighted by atomic mass is 10.1. The Morgan fingerprint density at radius 2 is 1.25 bits per heavy atom. The van der Waals surface area contributed by atoms with Crippen LogP contribution in [0.5, 0.6) is 0 Å². The van der Waals surface area contributed by atoms with Crippen molar-refractivity contribution in [1.29, 1.82) is 0 Å². The second-order valence-corrected chi connectivity index (χ2v) is 11.9. The molecule has 1 fully saturated rings. The Morgan fingerprint density at radius 1 is 0.712 bits per heavy atom. The van der Waals surface area contributed by atoms with E-state index in [0.717, 1.165) is 5.56 Å². The molecule has 262 valence electrons. The van der Waals surface area contributed by atoms with Crippen LogP contribution >= 0.6 is 11.6 Å². The van der Waals surface area contributed by atoms with Gasteiger partial charge in [-0.15, -0.1) is 0 Å². The number of halogens is 1. The van der Waals surface area contributed by atoms with Crippen LogP contribution < -0.4 is 5.48 Å². The summed E-state index contributed by atoms with van der Waals surface area (Å²) >= 11 is 6.38. The van der Waals surface area contributed by atoms with Crippen LogP contribution in [-0.4, -0.2) is 62.3 Å². The monoisotopic (exact) mass is 719 g/mol. The molecule has 4 atom stereocenters. The van der Waals surface area contributed by atoms with Gasteiger partial charge in [-0.2, -0.15) is 9.97 Å². The van der Waals surface area contributed by atoms with E-state index in [9.17, 15) is 14.4 Å². The molecular weight excluding hydrogens is 690 g/mol. The minimum atomic E-state index is -1.29. The number of aromatic nitrogens is 4. The molecule has 0 spiro atoms. The highest BCUT2D eigenvalue weighted by molar-refractivity contribution is 6.28. The van der Waals surface area contributed by atoms with Gasteiger partial charge in [0.1, 0.15) is 12.7 Å². The van der Waals surface area contributed by atoms with Gasteiger partial charge in [-0.25, -0.2) is 24.8 Å². The molecular formula is C38H30ClN5O8. The van der Waals surface area contributed by atoms with Gasteiger partial charge in [0.2, 0.25) is 5.28 Å². The largest absolute Gasteiger partial charge is 0.459 e. The summed E-state index contributed by atoms with van der Waals surface area (Å²) in [6, 6.07) is 34.5. The number of anilines is 1. The average molecular weight is 720 g/mol. The molecule has 1 saturated heterocycles. The molecule has 0 amide bonds. The molecule has 52 heavy (non-hydrogen) atoms. The highest BCUT2D eigenvalue weighted by Gasteiger charge is 2.52. The summed E-state index contributed by atoms with van der Waals surface area (Å²) in [5.41, 5.74) is 4.95. The van der Waals surface area contributed by atoms with Gasteiger partial charge in [-0.3, -0.25) is 9.40 Å². The van der Waals surface area contributed by atoms with Crippen molar-refractivity contribution in [3.63, 3.8) is 0 Å². The zero-order chi connectivity index (χ0) is 35.9. The number of carbonyl (C=O) groups excluding carboxylic acids is 3. The average Bonchev–Trinajstić information content (AvgIpc) is 3.75. The predicted molar refractivity (Wildman–Crippen MR) is 187 cm³/mol. The van der Waals surface area contributed by atoms with E-state index < -0.39 is 42.4 Å². The first-order valence-electron chi connectivity index (χ1n) is 16.2. The summed E-state index contributed by atoms with van der Waals surface area (Å²) in [4.78, 5) is 58.9. The number of nitrogens with zero attached hydrogens (tertiary/aromatic N) is 4. The fraction of sp³-hybridized carbons (Fsp3) is 0.158. The molecule has 14 heteroatoms. The first kappa shape index (κ1) is 34.3. The van der Waals surface area contributed by atoms with Crippen LogP contribution in [0.15, 0.2) is 128 Å². The standard InChI is InChI=1S/C38H30ClN5O8/c39-38-41-32(43-49-21-24-13-5-1-6-14-24)29-33(42-38)44(23-40-29)34-31(52-37(47)27-19-11-4-12-20-27)30(51-36(46)26-17-9-3-10-18-26)28(50-34)22-48-35(45)25-15-7-2-8-16-25/h1-20,23,28,30-31,34H,21-22H2,(H,41,42,43)/t28-,30-,31-,34-/m1/s1. The fourth-order valence-corrected chi connectivity index (χ4v) is 5.76. The van der Waals surface area contributed by atoms with Crippen molar-refractivity contribution < 1.29 is 38.2 Å². The predicted octanol–water partition coefficient (Wildman–Crippen LogP) is 6.23. The van der Waals surface area contributed by atoms with Crippen LogP contribution in [0.2, 0.25) is 5.28 Å². The van der Waals surface area contributed by atoms with E-state index in [1.807, 2.05) is 30.3 Å². The van der Waals surface area contributed by atoms with Gasteiger partial charge in [-0.05, 0) is 53.6 Å². The van der Waals surface area contributed by atoms with Crippen LogP contribution in [0.4, 0.5) is 5.82 Å². The van der Waals surface area contributed by atoms with Crippen LogP contribution in [0.3, 0.4) is 0 Å². The molecule has 4 aromatic carbocycles. The third-order valence-electron chi connectivity index (χ3n) is 8.10. The number of carbonyl (C=O) groups is 3. The molecule has 2 aromatic heterocycles. The number of esters is 3. The minimum Gasteiger partial charge on any atom is -0.459 e. The van der Waals surface area contributed by atoms with Crippen LogP contribution in [0, 0.1) is 0 Å². The van der Waals surface area contributed by atoms with E-state index in [1.54, 1.807) is 91.0 Å². The number of hydrogen-bond acceptors (Lipinski definition) is 12. The Bertz CT molecular complexity index is 2160. The third-order valence-corrected chi connectivity index (χ3v) is 8.27. The van der Waals surface area contributed by atoms with Crippen molar-refractivity contribution >= 4 is 46.5 Å². The van der Waals surface area contributed by atoms with Gasteiger partial charge in [0.25, 0.3) is 0 Å². The van der Waals surface area contributed by atoms with E-state index >= 15 is 0 Å². The Labute approximate surface area is 302 Å². The van der Waals surface area contributed by atoms with E-state index in [2.05, 4.69) is 20.4 Å². The molecule has 13 nitrogen and oxygen atoms in total. The van der Waals surface area contributed by atoms with Gasteiger partial charge in [0.05, 0.1) is 29.6 Å². The molecule has 1 aliphatic heterocycles. The van der Waals surface area contributed by atoms with Gasteiger partial charge >= 0.3 is 17.9 Å². The molecule has 0 radical (unpaired) electrons. The molecule has 0 saturated carbocycles. The zero-order valence-corrected chi connectivity index (χ0v) is 28.0. The maximum atomic E-state index is 13.6. The molecule has 1 N–H and O–H groups in total. The quantitative estimate of drug-likeness (QED) is 0.0660. The van der Waals surface area contributed by atoms with Crippen LogP contribution in [-0.2, 0) is 30.4 Å². The molecule has 3 heterocycles. The summed E-state index contributed by atoms with van der Waals surface area (Å²) in [6.45, 7) is -0.148. The second-order valence-electron chi connectivity index (χ2n) is 11.5. The van der Waals surface area contributed by atoms with Gasteiger partial charge in [0, 0.05) is 0 Å². The van der Waals surface area contributed by atoms with E-state index in [0.29, 0.717) is 5.56 Å². The lowest BCUT2D eigenvalue weighted by Crippen LogP contribution is -2.41. The van der Waals surface area contributed by atoms with Gasteiger partial charge < -0.3 is 18.9 Å². The minimum absolute atomic E-state index is 0.142. The lowest BCUT2D eigenvalue weighted by molar-refractivity contribution is -0.0606. The Balaban J connectivity index is 1.23. The smallest absolute Gasteiger partial charge is 0.338 e. The topological polar surface area (TPSA) is 153 Å². The number of fused-ring (bicyclic) bond motifs is 1. The molecule has 0 bridgehead atoms. The number of ether oxygens (including phenoxy) is 4. The Hall–Kier alpha value is -6.15. The van der Waals surface area contributed by atoms with E-state index in [1.165, 1.54) is 10.9 Å². The van der Waals surface area contributed by atoms with E-state index in [-0.39, 0.29) is 46.6 Å². The number of nitrogens with one attached hydrogen (secondary N) is 1. The normalized spacial score (nSPS) is 18.1. The number of imidazole rings is 1. The summed E-state index contributed by atoms with van der Waals surface area (Å²) in [5.74, 6) is -1.88. The lowest BCUT2D eigenvalue weighted by Gasteiger charge is -2.25. The molecule has 0 unspecified atom stereocenters. The van der Waals surface area contributed by atoms with Crippen molar-refractivity contribution in [3.8, 4) is 0 Å². The highest BCUT2D eigenvalue weighted by Crippen LogP contribution is 2.37. The molecule has 0 aliphatic carbocycles. The molecule has 1 aliphatic rings. The van der Waals surface area contributed by atoms with Crippen LogP contribution in [0.1, 0.15) is 42.9 Å². The highest BCUT2D eigenvalue weighted by atomic mass is 35.5. The first-order valence-corrected chi connectivity index (χ1v) is 16.5. The first-order chi connectivity index (χ1) is 25.4. The summed E-state index contributed by atoms with van der Waals surface area (Å²) < 4.78 is 25.7. The van der Waals surface area contributed by atoms with Crippen molar-refractivity contribution in [2.75, 3.05) is 12.1 Å². The van der Waals surface area contributed by atoms with Crippen molar-refractivity contribution in [3.05, 3.63) is 155 Å². The maximum absolute atomic E-state index is 13.6. The number of rotatable bonds is 12. The summed E-state index contributed by atoms with van der Waals surface area (Å²) in [5, 5.41) is -0.142. The zero-order valence-electron chi connectivity index (χ0n) is 27.3. The second kappa shape index (κ2) is 15.8. The maximum Gasteiger partial charge on any atom is 0.338 e. The van der Waals surface area contributed by atoms with Gasteiger partial charge in [0.15, 0.2) is 35.4 Å². The van der Waals surface area contributed by atoms with Crippen LogP contribution in [0.25, 0.3) is 11.2 Å². The Morgan fingerprint density at radius 3 is 1.85 bits per heavy atom. The molecule has 6 aromatic rings. The third kappa shape index (κ3) is 7.76. The summed E-state index contributed by atoms with van der Waals surface area (Å²) in [7, 11) is 0. The SMILES string of the molecule is O=C(OC[C@H]1O[C@@H](n2cnc3c(NOCc4ccccc4)nc(Cl)nc32)[C@H](OC(=O)c2ccccc2)[C@@H]1OC(=O)c1ccccc1)c1ccccc1. The van der Waals surface area contributed by atoms with Crippen molar-refractivity contribution in [2.45, 2.75) is 31.1 Å². The number of hydrogen-bond donors (Lipinski definition) is 1. The number of benzene rings is 4. The summed E-state index contributed by atoms with van der Waals surface area (Å²) in [6.07, 6.45) is -3.47. The van der Waals surface area contributed by atoms with Crippen molar-refractivity contribution in [1.82, 2.24) is 19.5 Å².